The van der Waals surface area contributed by atoms with Crippen LogP contribution in [0.1, 0.15) is 35.6 Å². The summed E-state index contributed by atoms with van der Waals surface area (Å²) in [5.41, 5.74) is 7.38. The van der Waals surface area contributed by atoms with E-state index in [4.69, 9.17) is 21.1 Å². The molecule has 4 rings (SSSR count). The highest BCUT2D eigenvalue weighted by Gasteiger charge is 2.35. The van der Waals surface area contributed by atoms with Crippen molar-refractivity contribution < 1.29 is 19.1 Å². The third-order valence-corrected chi connectivity index (χ3v) is 6.51. The van der Waals surface area contributed by atoms with Crippen LogP contribution in [-0.4, -0.2) is 31.2 Å². The lowest BCUT2D eigenvalue weighted by atomic mass is 10.1. The molecule has 0 radical (unpaired) electrons. The molecule has 3 aromatic carbocycles. The summed E-state index contributed by atoms with van der Waals surface area (Å²) in [5, 5.41) is 4.78. The third kappa shape index (κ3) is 6.68. The Morgan fingerprint density at radius 1 is 1.05 bits per heavy atom. The summed E-state index contributed by atoms with van der Waals surface area (Å²) in [4.78, 5) is 26.9. The van der Waals surface area contributed by atoms with Gasteiger partial charge in [0.15, 0.2) is 11.5 Å². The summed E-state index contributed by atoms with van der Waals surface area (Å²) >= 11 is 5.94. The number of halogens is 1. The quantitative estimate of drug-likeness (QED) is 0.301. The Kier molecular flexibility index (Phi) is 8.46. The molecular formula is C29H30ClN3O4. The Hall–Kier alpha value is -3.84. The van der Waals surface area contributed by atoms with Crippen molar-refractivity contribution in [3.8, 4) is 11.5 Å². The van der Waals surface area contributed by atoms with Crippen molar-refractivity contribution in [3.63, 3.8) is 0 Å². The van der Waals surface area contributed by atoms with Gasteiger partial charge in [0.05, 0.1) is 18.7 Å². The molecule has 1 saturated heterocycles. The van der Waals surface area contributed by atoms with Gasteiger partial charge in [0.1, 0.15) is 6.61 Å². The first-order valence-electron chi connectivity index (χ1n) is 12.2. The molecule has 1 aliphatic heterocycles. The number of aryl methyl sites for hydroxylation is 2. The van der Waals surface area contributed by atoms with Crippen molar-refractivity contribution in [3.05, 3.63) is 87.9 Å². The van der Waals surface area contributed by atoms with E-state index in [1.165, 1.54) is 0 Å². The summed E-state index contributed by atoms with van der Waals surface area (Å²) in [6, 6.07) is 18.8. The van der Waals surface area contributed by atoms with Gasteiger partial charge < -0.3 is 14.4 Å². The zero-order valence-corrected chi connectivity index (χ0v) is 21.9. The minimum Gasteiger partial charge on any atom is -0.490 e. The van der Waals surface area contributed by atoms with Crippen LogP contribution >= 0.6 is 11.6 Å². The van der Waals surface area contributed by atoms with Crippen LogP contribution in [0, 0.1) is 19.8 Å². The molecule has 1 fully saturated rings. The molecule has 7 nitrogen and oxygen atoms in total. The molecular weight excluding hydrogens is 490 g/mol. The normalized spacial score (nSPS) is 15.3. The smallest absolute Gasteiger partial charge is 0.245 e. The first kappa shape index (κ1) is 26.2. The highest BCUT2D eigenvalue weighted by Crippen LogP contribution is 2.29. The summed E-state index contributed by atoms with van der Waals surface area (Å²) in [7, 11) is 0. The highest BCUT2D eigenvalue weighted by atomic mass is 35.5. The lowest BCUT2D eigenvalue weighted by Gasteiger charge is -2.17. The molecule has 0 spiro atoms. The van der Waals surface area contributed by atoms with Crippen molar-refractivity contribution in [2.45, 2.75) is 33.8 Å². The Morgan fingerprint density at radius 2 is 1.84 bits per heavy atom. The Bertz CT molecular complexity index is 1310. The maximum absolute atomic E-state index is 12.7. The maximum Gasteiger partial charge on any atom is 0.245 e. The number of carbonyl (C=O) groups is 2. The number of hydrogen-bond donors (Lipinski definition) is 1. The number of nitrogens with one attached hydrogen (secondary N) is 1. The van der Waals surface area contributed by atoms with E-state index in [9.17, 15) is 9.59 Å². The summed E-state index contributed by atoms with van der Waals surface area (Å²) in [6.45, 7) is 7.11. The van der Waals surface area contributed by atoms with E-state index in [1.54, 1.807) is 23.2 Å². The standard InChI is InChI=1S/C29H30ClN3O4/c1-4-36-27-14-22(8-12-26(27)37-18-21-6-9-24(30)10-7-21)16-31-32-29(35)23-15-28(34)33(17-23)25-11-5-19(2)20(3)13-25/h5-14,16,23H,4,15,17-18H2,1-3H3,(H,32,35)/b31-16-/t23-/m1/s1. The van der Waals surface area contributed by atoms with E-state index < -0.39 is 5.92 Å². The average molecular weight is 520 g/mol. The number of nitrogens with zero attached hydrogens (tertiary/aromatic N) is 2. The molecule has 37 heavy (non-hydrogen) atoms. The molecule has 192 valence electrons. The van der Waals surface area contributed by atoms with Gasteiger partial charge in [0.2, 0.25) is 11.8 Å². The van der Waals surface area contributed by atoms with Crippen LogP contribution in [0.3, 0.4) is 0 Å². The number of ether oxygens (including phenoxy) is 2. The molecule has 1 aliphatic rings. The fourth-order valence-corrected chi connectivity index (χ4v) is 4.15. The third-order valence-electron chi connectivity index (χ3n) is 6.26. The zero-order chi connectivity index (χ0) is 26.4. The first-order chi connectivity index (χ1) is 17.8. The van der Waals surface area contributed by atoms with Gasteiger partial charge in [-0.25, -0.2) is 5.43 Å². The predicted molar refractivity (Wildman–Crippen MR) is 146 cm³/mol. The van der Waals surface area contributed by atoms with E-state index in [1.807, 2.05) is 69.3 Å². The van der Waals surface area contributed by atoms with Crippen LogP contribution in [0.4, 0.5) is 5.69 Å². The van der Waals surface area contributed by atoms with E-state index >= 15 is 0 Å². The monoisotopic (exact) mass is 519 g/mol. The summed E-state index contributed by atoms with van der Waals surface area (Å²) in [6.07, 6.45) is 1.70. The van der Waals surface area contributed by atoms with E-state index in [0.717, 1.165) is 27.9 Å². The van der Waals surface area contributed by atoms with Gasteiger partial charge in [0, 0.05) is 23.7 Å². The molecule has 0 aromatic heterocycles. The zero-order valence-electron chi connectivity index (χ0n) is 21.2. The van der Waals surface area contributed by atoms with Gasteiger partial charge in [-0.05, 0) is 85.5 Å². The van der Waals surface area contributed by atoms with E-state index in [-0.39, 0.29) is 18.2 Å². The minimum absolute atomic E-state index is 0.0667. The van der Waals surface area contributed by atoms with Gasteiger partial charge in [-0.1, -0.05) is 29.8 Å². The Labute approximate surface area is 222 Å². The molecule has 0 bridgehead atoms. The first-order valence-corrected chi connectivity index (χ1v) is 12.6. The van der Waals surface area contributed by atoms with Crippen molar-refractivity contribution in [2.24, 2.45) is 11.0 Å². The maximum atomic E-state index is 12.7. The van der Waals surface area contributed by atoms with Crippen molar-refractivity contribution in [1.82, 2.24) is 5.43 Å². The van der Waals surface area contributed by atoms with Crippen molar-refractivity contribution in [2.75, 3.05) is 18.1 Å². The van der Waals surface area contributed by atoms with E-state index in [0.29, 0.717) is 36.3 Å². The molecule has 2 amide bonds. The van der Waals surface area contributed by atoms with Crippen LogP contribution in [0.5, 0.6) is 11.5 Å². The largest absolute Gasteiger partial charge is 0.490 e. The lowest BCUT2D eigenvalue weighted by Crippen LogP contribution is -2.30. The molecule has 0 saturated carbocycles. The van der Waals surface area contributed by atoms with Crippen molar-refractivity contribution in [1.29, 1.82) is 0 Å². The summed E-state index contributed by atoms with van der Waals surface area (Å²) in [5.74, 6) is 0.367. The van der Waals surface area contributed by atoms with Crippen LogP contribution < -0.4 is 19.8 Å². The molecule has 0 aliphatic carbocycles. The van der Waals surface area contributed by atoms with Crippen LogP contribution in [0.25, 0.3) is 0 Å². The SMILES string of the molecule is CCOc1cc(/C=N\NC(=O)[C@@H]2CC(=O)N(c3ccc(C)c(C)c3)C2)ccc1OCc1ccc(Cl)cc1. The van der Waals surface area contributed by atoms with Crippen LogP contribution in [0.15, 0.2) is 65.8 Å². The number of hydrazone groups is 1. The Balaban J connectivity index is 1.35. The topological polar surface area (TPSA) is 80.2 Å². The predicted octanol–water partition coefficient (Wildman–Crippen LogP) is 5.44. The number of carbonyl (C=O) groups excluding carboxylic acids is 2. The fraction of sp³-hybridized carbons (Fsp3) is 0.276. The highest BCUT2D eigenvalue weighted by molar-refractivity contribution is 6.30. The molecule has 1 heterocycles. The Morgan fingerprint density at radius 3 is 2.57 bits per heavy atom. The second-order valence-electron chi connectivity index (χ2n) is 8.96. The number of rotatable bonds is 9. The number of anilines is 1. The minimum atomic E-state index is -0.464. The van der Waals surface area contributed by atoms with Gasteiger partial charge in [-0.3, -0.25) is 9.59 Å². The fourth-order valence-electron chi connectivity index (χ4n) is 4.02. The lowest BCUT2D eigenvalue weighted by molar-refractivity contribution is -0.126. The van der Waals surface area contributed by atoms with Crippen LogP contribution in [-0.2, 0) is 16.2 Å². The second-order valence-corrected chi connectivity index (χ2v) is 9.40. The number of amides is 2. The second kappa shape index (κ2) is 11.9. The molecule has 0 unspecified atom stereocenters. The number of benzene rings is 3. The summed E-state index contributed by atoms with van der Waals surface area (Å²) < 4.78 is 11.7. The average Bonchev–Trinajstić information content (AvgIpc) is 3.28. The van der Waals surface area contributed by atoms with Crippen LogP contribution in [0.2, 0.25) is 5.02 Å². The van der Waals surface area contributed by atoms with Gasteiger partial charge in [-0.2, -0.15) is 5.10 Å². The van der Waals surface area contributed by atoms with Crippen molar-refractivity contribution >= 4 is 35.3 Å². The van der Waals surface area contributed by atoms with Gasteiger partial charge in [-0.15, -0.1) is 0 Å². The molecule has 8 heteroatoms. The molecule has 3 aromatic rings. The van der Waals surface area contributed by atoms with Gasteiger partial charge in [0.25, 0.3) is 0 Å². The molecule has 1 N–H and O–H groups in total. The van der Waals surface area contributed by atoms with E-state index in [2.05, 4.69) is 10.5 Å². The number of hydrogen-bond acceptors (Lipinski definition) is 5. The molecule has 1 atom stereocenters. The van der Waals surface area contributed by atoms with Gasteiger partial charge >= 0.3 is 0 Å².